The van der Waals surface area contributed by atoms with Crippen LogP contribution in [0, 0.1) is 35.5 Å². The SMILES string of the molecule is CC(C)(C)c1cc(C23CC4CC(CC(C4)C2)C3)c(OCC2CO2)c(C23CC4CC(CC(C4)C2)C3)c1. The Bertz CT molecular complexity index is 888. The van der Waals surface area contributed by atoms with Crippen molar-refractivity contribution in [2.24, 2.45) is 35.5 Å². The summed E-state index contributed by atoms with van der Waals surface area (Å²) < 4.78 is 12.7. The van der Waals surface area contributed by atoms with Gasteiger partial charge in [-0.1, -0.05) is 32.9 Å². The van der Waals surface area contributed by atoms with Crippen LogP contribution in [-0.2, 0) is 21.0 Å². The number of hydrogen-bond donors (Lipinski definition) is 0. The van der Waals surface area contributed by atoms with E-state index in [4.69, 9.17) is 9.47 Å². The molecule has 0 spiro atoms. The molecule has 0 N–H and O–H groups in total. The van der Waals surface area contributed by atoms with Crippen molar-refractivity contribution in [3.8, 4) is 5.75 Å². The Hall–Kier alpha value is -1.02. The van der Waals surface area contributed by atoms with E-state index in [0.717, 1.165) is 48.7 Å². The molecule has 1 heterocycles. The first-order chi connectivity index (χ1) is 16.8. The van der Waals surface area contributed by atoms with Crippen molar-refractivity contribution >= 4 is 0 Å². The number of epoxide rings is 1. The van der Waals surface area contributed by atoms with Crippen LogP contribution in [0.25, 0.3) is 0 Å². The van der Waals surface area contributed by atoms with Crippen LogP contribution in [0.3, 0.4) is 0 Å². The summed E-state index contributed by atoms with van der Waals surface area (Å²) in [5.41, 5.74) is 5.78. The van der Waals surface area contributed by atoms with Crippen molar-refractivity contribution in [2.75, 3.05) is 13.2 Å². The summed E-state index contributed by atoms with van der Waals surface area (Å²) in [6, 6.07) is 5.33. The van der Waals surface area contributed by atoms with Crippen LogP contribution in [0.2, 0.25) is 0 Å². The normalized spacial score (nSPS) is 46.9. The third-order valence-electron chi connectivity index (χ3n) is 12.0. The minimum atomic E-state index is 0.173. The number of benzene rings is 1. The standard InChI is InChI=1S/C33H46O2/c1-31(2,3)26-10-28(32-12-20-4-21(13-32)6-22(5-20)14-32)30(35-19-27-18-34-27)29(11-26)33-15-23-7-24(16-33)9-25(8-23)17-33/h10-11,20-25,27H,4-9,12-19H2,1-3H3. The van der Waals surface area contributed by atoms with Crippen LogP contribution < -0.4 is 4.74 Å². The van der Waals surface area contributed by atoms with Crippen molar-refractivity contribution in [3.05, 3.63) is 28.8 Å². The van der Waals surface area contributed by atoms with Gasteiger partial charge in [0.25, 0.3) is 0 Å². The van der Waals surface area contributed by atoms with Gasteiger partial charge in [0.15, 0.2) is 0 Å². The van der Waals surface area contributed by atoms with Gasteiger partial charge >= 0.3 is 0 Å². The van der Waals surface area contributed by atoms with Gasteiger partial charge in [0.1, 0.15) is 18.5 Å². The van der Waals surface area contributed by atoms with E-state index in [0.29, 0.717) is 16.9 Å². The van der Waals surface area contributed by atoms with Gasteiger partial charge in [-0.05, 0) is 134 Å². The smallest absolute Gasteiger partial charge is 0.126 e. The fraction of sp³-hybridized carbons (Fsp3) is 0.818. The summed E-state index contributed by atoms with van der Waals surface area (Å²) in [5, 5.41) is 0. The lowest BCUT2D eigenvalue weighted by atomic mass is 9.46. The molecule has 1 aliphatic heterocycles. The first-order valence-electron chi connectivity index (χ1n) is 15.2. The van der Waals surface area contributed by atoms with Gasteiger partial charge < -0.3 is 9.47 Å². The van der Waals surface area contributed by atoms with Gasteiger partial charge in [0.2, 0.25) is 0 Å². The summed E-state index contributed by atoms with van der Waals surface area (Å²) in [7, 11) is 0. The molecule has 8 bridgehead atoms. The fourth-order valence-electron chi connectivity index (χ4n) is 11.2. The molecular formula is C33H46O2. The lowest BCUT2D eigenvalue weighted by molar-refractivity contribution is -0.0110. The highest BCUT2D eigenvalue weighted by Gasteiger charge is 2.56. The molecule has 9 fully saturated rings. The van der Waals surface area contributed by atoms with Crippen molar-refractivity contribution in [3.63, 3.8) is 0 Å². The zero-order chi connectivity index (χ0) is 23.6. The van der Waals surface area contributed by atoms with E-state index in [9.17, 15) is 0 Å². The Balaban J connectivity index is 1.32. The molecule has 1 saturated heterocycles. The minimum Gasteiger partial charge on any atom is -0.490 e. The summed E-state index contributed by atoms with van der Waals surface area (Å²) in [4.78, 5) is 0. The molecule has 0 amide bonds. The third kappa shape index (κ3) is 3.51. The zero-order valence-corrected chi connectivity index (χ0v) is 22.4. The van der Waals surface area contributed by atoms with Crippen LogP contribution in [-0.4, -0.2) is 19.3 Å². The maximum Gasteiger partial charge on any atom is 0.126 e. The molecule has 190 valence electrons. The predicted molar refractivity (Wildman–Crippen MR) is 140 cm³/mol. The molecule has 1 unspecified atom stereocenters. The second-order valence-electron chi connectivity index (χ2n) is 15.8. The van der Waals surface area contributed by atoms with E-state index < -0.39 is 0 Å². The number of rotatable bonds is 5. The summed E-state index contributed by atoms with van der Waals surface area (Å²) >= 11 is 0. The summed E-state index contributed by atoms with van der Waals surface area (Å²) in [6.45, 7) is 8.96. The topological polar surface area (TPSA) is 21.8 Å². The molecule has 8 saturated carbocycles. The Morgan fingerprint density at radius 1 is 0.714 bits per heavy atom. The molecule has 1 aromatic carbocycles. The molecule has 10 rings (SSSR count). The van der Waals surface area contributed by atoms with Crippen LogP contribution >= 0.6 is 0 Å². The maximum atomic E-state index is 7.01. The Morgan fingerprint density at radius 3 is 1.40 bits per heavy atom. The molecule has 0 aromatic heterocycles. The van der Waals surface area contributed by atoms with Gasteiger partial charge in [-0.2, -0.15) is 0 Å². The van der Waals surface area contributed by atoms with E-state index in [1.807, 2.05) is 0 Å². The zero-order valence-electron chi connectivity index (χ0n) is 22.4. The average molecular weight is 475 g/mol. The number of hydrogen-bond acceptors (Lipinski definition) is 2. The largest absolute Gasteiger partial charge is 0.490 e. The van der Waals surface area contributed by atoms with E-state index >= 15 is 0 Å². The van der Waals surface area contributed by atoms with Crippen LogP contribution in [0.1, 0.15) is 115 Å². The van der Waals surface area contributed by atoms with Crippen molar-refractivity contribution in [2.45, 2.75) is 120 Å². The second-order valence-corrected chi connectivity index (χ2v) is 15.8. The van der Waals surface area contributed by atoms with E-state index in [2.05, 4.69) is 32.9 Å². The van der Waals surface area contributed by atoms with Crippen molar-refractivity contribution < 1.29 is 9.47 Å². The molecule has 1 atom stereocenters. The first-order valence-corrected chi connectivity index (χ1v) is 15.2. The lowest BCUT2D eigenvalue weighted by Gasteiger charge is -2.59. The molecule has 0 radical (unpaired) electrons. The Morgan fingerprint density at radius 2 is 1.09 bits per heavy atom. The van der Waals surface area contributed by atoms with Gasteiger partial charge in [0.05, 0.1) is 6.61 Å². The van der Waals surface area contributed by atoms with E-state index in [-0.39, 0.29) is 5.41 Å². The van der Waals surface area contributed by atoms with E-state index in [1.165, 1.54) is 82.8 Å². The van der Waals surface area contributed by atoms with Gasteiger partial charge in [0, 0.05) is 11.1 Å². The first kappa shape index (κ1) is 22.0. The number of ether oxygens (including phenoxy) is 2. The van der Waals surface area contributed by atoms with Crippen LogP contribution in [0.4, 0.5) is 0 Å². The molecule has 35 heavy (non-hydrogen) atoms. The average Bonchev–Trinajstić information content (AvgIpc) is 3.59. The quantitative estimate of drug-likeness (QED) is 0.408. The second kappa shape index (κ2) is 7.30. The highest BCUT2D eigenvalue weighted by molar-refractivity contribution is 5.55. The Labute approximate surface area is 212 Å². The third-order valence-corrected chi connectivity index (χ3v) is 12.0. The fourth-order valence-corrected chi connectivity index (χ4v) is 11.2. The molecule has 1 aromatic rings. The van der Waals surface area contributed by atoms with E-state index in [1.54, 1.807) is 16.7 Å². The molecule has 2 heteroatoms. The van der Waals surface area contributed by atoms with Crippen LogP contribution in [0.5, 0.6) is 5.75 Å². The molecular weight excluding hydrogens is 428 g/mol. The van der Waals surface area contributed by atoms with Crippen molar-refractivity contribution in [1.29, 1.82) is 0 Å². The Kier molecular flexibility index (Phi) is 4.59. The lowest BCUT2D eigenvalue weighted by Crippen LogP contribution is -2.50. The maximum absolute atomic E-state index is 7.01. The van der Waals surface area contributed by atoms with Gasteiger partial charge in [-0.3, -0.25) is 0 Å². The highest BCUT2D eigenvalue weighted by atomic mass is 16.6. The van der Waals surface area contributed by atoms with Crippen molar-refractivity contribution in [1.82, 2.24) is 0 Å². The van der Waals surface area contributed by atoms with Crippen LogP contribution in [0.15, 0.2) is 12.1 Å². The monoisotopic (exact) mass is 474 g/mol. The van der Waals surface area contributed by atoms with Gasteiger partial charge in [-0.25, -0.2) is 0 Å². The summed E-state index contributed by atoms with van der Waals surface area (Å²) in [5.74, 6) is 7.12. The molecule has 8 aliphatic carbocycles. The van der Waals surface area contributed by atoms with Gasteiger partial charge in [-0.15, -0.1) is 0 Å². The minimum absolute atomic E-state index is 0.173. The summed E-state index contributed by atoms with van der Waals surface area (Å²) in [6.07, 6.45) is 17.9. The molecule has 9 aliphatic rings. The molecule has 2 nitrogen and oxygen atoms in total. The highest BCUT2D eigenvalue weighted by Crippen LogP contribution is 2.66. The predicted octanol–water partition coefficient (Wildman–Crippen LogP) is 7.70.